The first-order valence-electron chi connectivity index (χ1n) is 11.4. The molecule has 1 N–H and O–H groups in total. The first kappa shape index (κ1) is 25.3. The van der Waals surface area contributed by atoms with Gasteiger partial charge < -0.3 is 24.4 Å². The molecule has 1 aliphatic rings. The van der Waals surface area contributed by atoms with Crippen molar-refractivity contribution in [1.29, 1.82) is 0 Å². The lowest BCUT2D eigenvalue weighted by Gasteiger charge is -2.26. The number of aliphatic hydroxyl groups is 1. The molecule has 0 spiro atoms. The van der Waals surface area contributed by atoms with E-state index >= 15 is 0 Å². The normalized spacial score (nSPS) is 17.6. The van der Waals surface area contributed by atoms with Gasteiger partial charge in [0.1, 0.15) is 17.3 Å². The molecule has 1 fully saturated rings. The average molecular weight is 467 g/mol. The molecule has 0 aromatic heterocycles. The molecule has 0 bridgehead atoms. The molecule has 1 atom stereocenters. The maximum Gasteiger partial charge on any atom is 0.295 e. The monoisotopic (exact) mass is 466 g/mol. The highest BCUT2D eigenvalue weighted by atomic mass is 16.5. The smallest absolute Gasteiger partial charge is 0.295 e. The van der Waals surface area contributed by atoms with Crippen LogP contribution >= 0.6 is 0 Å². The predicted octanol–water partition coefficient (Wildman–Crippen LogP) is 4.20. The van der Waals surface area contributed by atoms with Crippen LogP contribution in [0.3, 0.4) is 0 Å². The van der Waals surface area contributed by atoms with Crippen LogP contribution < -0.4 is 9.47 Å². The number of likely N-dealkylation sites (tertiary alicyclic amines) is 1. The van der Waals surface area contributed by atoms with Gasteiger partial charge in [0, 0.05) is 12.6 Å². The second kappa shape index (κ2) is 10.7. The van der Waals surface area contributed by atoms with Crippen molar-refractivity contribution in [2.45, 2.75) is 32.2 Å². The lowest BCUT2D eigenvalue weighted by Crippen LogP contribution is -2.32. The minimum atomic E-state index is -0.696. The average Bonchev–Trinajstić information content (AvgIpc) is 3.08. The van der Waals surface area contributed by atoms with Crippen molar-refractivity contribution in [3.8, 4) is 11.5 Å². The van der Waals surface area contributed by atoms with E-state index in [2.05, 4.69) is 13.8 Å². The summed E-state index contributed by atoms with van der Waals surface area (Å²) in [7, 11) is 6.94. The Morgan fingerprint density at radius 1 is 1.06 bits per heavy atom. The molecule has 3 rings (SSSR count). The van der Waals surface area contributed by atoms with E-state index < -0.39 is 17.7 Å². The number of methoxy groups -OCH3 is 2. The van der Waals surface area contributed by atoms with Crippen LogP contribution in [0.15, 0.2) is 48.0 Å². The third-order valence-electron chi connectivity index (χ3n) is 6.13. The van der Waals surface area contributed by atoms with Gasteiger partial charge in [-0.2, -0.15) is 0 Å². The van der Waals surface area contributed by atoms with Gasteiger partial charge in [-0.15, -0.1) is 0 Å². The van der Waals surface area contributed by atoms with E-state index in [0.29, 0.717) is 35.9 Å². The molecule has 7 nitrogen and oxygen atoms in total. The highest BCUT2D eigenvalue weighted by molar-refractivity contribution is 6.46. The van der Waals surface area contributed by atoms with Crippen molar-refractivity contribution in [1.82, 2.24) is 9.80 Å². The zero-order valence-electron chi connectivity index (χ0n) is 20.8. The number of hydrogen-bond acceptors (Lipinski definition) is 6. The second-order valence-corrected chi connectivity index (χ2v) is 9.04. The van der Waals surface area contributed by atoms with Crippen molar-refractivity contribution in [3.05, 3.63) is 64.7 Å². The largest absolute Gasteiger partial charge is 0.507 e. The van der Waals surface area contributed by atoms with Crippen LogP contribution in [0.4, 0.5) is 0 Å². The van der Waals surface area contributed by atoms with Gasteiger partial charge in [0.15, 0.2) is 0 Å². The zero-order valence-corrected chi connectivity index (χ0v) is 20.8. The highest BCUT2D eigenvalue weighted by Crippen LogP contribution is 2.41. The molecule has 182 valence electrons. The van der Waals surface area contributed by atoms with Crippen LogP contribution in [0.2, 0.25) is 0 Å². The summed E-state index contributed by atoms with van der Waals surface area (Å²) in [6.07, 6.45) is 0.701. The number of rotatable bonds is 9. The predicted molar refractivity (Wildman–Crippen MR) is 132 cm³/mol. The Morgan fingerprint density at radius 2 is 1.74 bits per heavy atom. The summed E-state index contributed by atoms with van der Waals surface area (Å²) >= 11 is 0. The van der Waals surface area contributed by atoms with Gasteiger partial charge in [-0.1, -0.05) is 38.1 Å². The molecule has 1 unspecified atom stereocenters. The van der Waals surface area contributed by atoms with Crippen LogP contribution in [0.25, 0.3) is 5.76 Å². The Morgan fingerprint density at radius 3 is 2.29 bits per heavy atom. The van der Waals surface area contributed by atoms with Crippen LogP contribution in [0, 0.1) is 0 Å². The minimum absolute atomic E-state index is 0.0654. The number of nitrogens with zero attached hydrogens (tertiary/aromatic N) is 2. The van der Waals surface area contributed by atoms with Gasteiger partial charge in [-0.3, -0.25) is 9.59 Å². The maximum absolute atomic E-state index is 13.2. The Hall–Kier alpha value is -3.32. The van der Waals surface area contributed by atoms with Crippen molar-refractivity contribution in [2.75, 3.05) is 41.4 Å². The van der Waals surface area contributed by atoms with Crippen molar-refractivity contribution in [3.63, 3.8) is 0 Å². The highest BCUT2D eigenvalue weighted by Gasteiger charge is 2.46. The zero-order chi connectivity index (χ0) is 25.0. The van der Waals surface area contributed by atoms with E-state index in [0.717, 1.165) is 17.7 Å². The maximum atomic E-state index is 13.2. The van der Waals surface area contributed by atoms with E-state index in [9.17, 15) is 14.7 Å². The number of benzene rings is 2. The molecule has 0 aliphatic carbocycles. The molecule has 1 heterocycles. The minimum Gasteiger partial charge on any atom is -0.507 e. The third kappa shape index (κ3) is 5.09. The summed E-state index contributed by atoms with van der Waals surface area (Å²) in [5, 5.41) is 11.3. The molecule has 2 aromatic carbocycles. The number of aliphatic hydroxyl groups excluding tert-OH is 1. The van der Waals surface area contributed by atoms with E-state index in [1.165, 1.54) is 14.2 Å². The first-order chi connectivity index (χ1) is 16.2. The fraction of sp³-hybridized carbons (Fsp3) is 0.407. The van der Waals surface area contributed by atoms with Crippen LogP contribution in [-0.4, -0.2) is 68.0 Å². The van der Waals surface area contributed by atoms with Crippen LogP contribution in [0.5, 0.6) is 11.5 Å². The number of hydrogen-bond donors (Lipinski definition) is 1. The summed E-state index contributed by atoms with van der Waals surface area (Å²) in [5.74, 6) is -0.304. The summed E-state index contributed by atoms with van der Waals surface area (Å²) in [6, 6.07) is 12.1. The SMILES string of the molecule is COc1ccc(/C(O)=C2/C(=O)C(=O)N(CCCN(C)C)C2c2ccc(C(C)C)cc2)c(OC)c1. The number of ketones is 1. The number of ether oxygens (including phenoxy) is 2. The van der Waals surface area contributed by atoms with E-state index in [1.807, 2.05) is 43.3 Å². The fourth-order valence-electron chi connectivity index (χ4n) is 4.22. The summed E-state index contributed by atoms with van der Waals surface area (Å²) in [6.45, 7) is 5.39. The van der Waals surface area contributed by atoms with Crippen molar-refractivity contribution < 1.29 is 24.2 Å². The van der Waals surface area contributed by atoms with Crippen LogP contribution in [0.1, 0.15) is 48.9 Å². The van der Waals surface area contributed by atoms with E-state index in [-0.39, 0.29) is 11.3 Å². The second-order valence-electron chi connectivity index (χ2n) is 9.04. The number of carbonyl (C=O) groups is 2. The Balaban J connectivity index is 2.14. The molecule has 0 radical (unpaired) electrons. The Kier molecular flexibility index (Phi) is 7.99. The van der Waals surface area contributed by atoms with Gasteiger partial charge >= 0.3 is 0 Å². The molecule has 34 heavy (non-hydrogen) atoms. The van der Waals surface area contributed by atoms with E-state index in [4.69, 9.17) is 9.47 Å². The third-order valence-corrected chi connectivity index (χ3v) is 6.13. The molecular weight excluding hydrogens is 432 g/mol. The molecule has 2 aromatic rings. The molecule has 1 aliphatic heterocycles. The van der Waals surface area contributed by atoms with E-state index in [1.54, 1.807) is 23.1 Å². The molecule has 1 saturated heterocycles. The summed E-state index contributed by atoms with van der Waals surface area (Å²) < 4.78 is 10.7. The quantitative estimate of drug-likeness (QED) is 0.339. The lowest BCUT2D eigenvalue weighted by atomic mass is 9.93. The lowest BCUT2D eigenvalue weighted by molar-refractivity contribution is -0.139. The van der Waals surface area contributed by atoms with Gasteiger partial charge in [-0.05, 0) is 56.2 Å². The number of Topliss-reactive ketones (excluding diaryl/α,β-unsaturated/α-hetero) is 1. The molecular formula is C27H34N2O5. The molecule has 1 amide bonds. The van der Waals surface area contributed by atoms with Gasteiger partial charge in [0.25, 0.3) is 11.7 Å². The fourth-order valence-corrected chi connectivity index (χ4v) is 4.22. The topological polar surface area (TPSA) is 79.3 Å². The Bertz CT molecular complexity index is 1070. The summed E-state index contributed by atoms with van der Waals surface area (Å²) in [5.41, 5.74) is 2.33. The van der Waals surface area contributed by atoms with Gasteiger partial charge in [0.05, 0.1) is 31.4 Å². The molecule has 0 saturated carbocycles. The molecule has 7 heteroatoms. The van der Waals surface area contributed by atoms with Gasteiger partial charge in [0.2, 0.25) is 0 Å². The van der Waals surface area contributed by atoms with Crippen molar-refractivity contribution in [2.24, 2.45) is 0 Å². The number of amides is 1. The first-order valence-corrected chi connectivity index (χ1v) is 11.4. The Labute approximate surface area is 201 Å². The summed E-state index contributed by atoms with van der Waals surface area (Å²) in [4.78, 5) is 29.9. The van der Waals surface area contributed by atoms with Gasteiger partial charge in [-0.25, -0.2) is 0 Å². The number of carbonyl (C=O) groups excluding carboxylic acids is 2. The van der Waals surface area contributed by atoms with Crippen molar-refractivity contribution >= 4 is 17.4 Å². The van der Waals surface area contributed by atoms with Crippen LogP contribution in [-0.2, 0) is 9.59 Å². The standard InChI is InChI=1S/C27H34N2O5/c1-17(2)18-8-10-19(11-9-18)24-23(26(31)27(32)29(24)15-7-14-28(3)4)25(30)21-13-12-20(33-5)16-22(21)34-6/h8-13,16-17,24,30H,7,14-15H2,1-6H3/b25-23-.